The van der Waals surface area contributed by atoms with Crippen LogP contribution in [-0.4, -0.2) is 43.1 Å². The molecule has 1 atom stereocenters. The fourth-order valence-electron chi connectivity index (χ4n) is 3.98. The molecule has 0 radical (unpaired) electrons. The van der Waals surface area contributed by atoms with E-state index in [4.69, 9.17) is 9.47 Å². The zero-order valence-corrected chi connectivity index (χ0v) is 16.9. The first-order valence-electron chi connectivity index (χ1n) is 9.72. The van der Waals surface area contributed by atoms with E-state index in [2.05, 4.69) is 21.3 Å². The van der Waals surface area contributed by atoms with Crippen molar-refractivity contribution in [2.24, 2.45) is 5.92 Å². The van der Waals surface area contributed by atoms with E-state index in [1.807, 2.05) is 30.3 Å². The van der Waals surface area contributed by atoms with Crippen molar-refractivity contribution in [3.63, 3.8) is 0 Å². The average Bonchev–Trinajstić information content (AvgIpc) is 2.73. The van der Waals surface area contributed by atoms with E-state index in [1.165, 1.54) is 0 Å². The number of para-hydroxylation sites is 1. The van der Waals surface area contributed by atoms with Crippen LogP contribution in [0.1, 0.15) is 37.1 Å². The highest BCUT2D eigenvalue weighted by Crippen LogP contribution is 2.34. The predicted octanol–water partition coefficient (Wildman–Crippen LogP) is 3.19. The van der Waals surface area contributed by atoms with Crippen LogP contribution in [0.5, 0.6) is 11.5 Å². The number of aromatic nitrogens is 1. The quantitative estimate of drug-likeness (QED) is 0.796. The Hall–Kier alpha value is -2.60. The van der Waals surface area contributed by atoms with E-state index in [9.17, 15) is 4.79 Å². The molecule has 1 fully saturated rings. The summed E-state index contributed by atoms with van der Waals surface area (Å²) < 4.78 is 11.0. The molecule has 2 aromatic rings. The Labute approximate surface area is 166 Å². The summed E-state index contributed by atoms with van der Waals surface area (Å²) >= 11 is 0. The maximum Gasteiger partial charge on any atom is 0.217 e. The predicted molar refractivity (Wildman–Crippen MR) is 108 cm³/mol. The summed E-state index contributed by atoms with van der Waals surface area (Å²) in [6.07, 6.45) is 3.80. The molecule has 1 aliphatic rings. The molecule has 1 aromatic carbocycles. The van der Waals surface area contributed by atoms with Gasteiger partial charge in [-0.15, -0.1) is 0 Å². The van der Waals surface area contributed by atoms with Gasteiger partial charge in [-0.2, -0.15) is 0 Å². The van der Waals surface area contributed by atoms with Gasteiger partial charge in [0.15, 0.2) is 11.5 Å². The van der Waals surface area contributed by atoms with Gasteiger partial charge in [0, 0.05) is 25.2 Å². The molecule has 0 aliphatic carbocycles. The van der Waals surface area contributed by atoms with Crippen LogP contribution >= 0.6 is 0 Å². The molecule has 0 bridgehead atoms. The summed E-state index contributed by atoms with van der Waals surface area (Å²) in [5.74, 6) is 1.92. The highest BCUT2D eigenvalue weighted by molar-refractivity contribution is 5.73. The average molecular weight is 383 g/mol. The van der Waals surface area contributed by atoms with Crippen molar-refractivity contribution in [2.45, 2.75) is 32.4 Å². The molecule has 1 N–H and O–H groups in total. The molecule has 1 amide bonds. The first kappa shape index (κ1) is 20.1. The molecule has 1 unspecified atom stereocenters. The molecule has 1 aromatic heterocycles. The fourth-order valence-corrected chi connectivity index (χ4v) is 3.98. The lowest BCUT2D eigenvalue weighted by Crippen LogP contribution is -2.40. The number of nitrogens with zero attached hydrogens (tertiary/aromatic N) is 2. The number of piperidine rings is 1. The van der Waals surface area contributed by atoms with Crippen molar-refractivity contribution < 1.29 is 14.3 Å². The third kappa shape index (κ3) is 4.81. The first-order chi connectivity index (χ1) is 13.6. The minimum absolute atomic E-state index is 0.0146. The van der Waals surface area contributed by atoms with Crippen molar-refractivity contribution in [1.82, 2.24) is 15.2 Å². The minimum atomic E-state index is -0.0350. The SMILES string of the molecule is COc1cccc(CN2CCC(C(NC(C)=O)c3ccccn3)CC2)c1OC. The summed E-state index contributed by atoms with van der Waals surface area (Å²) in [6, 6.07) is 11.8. The van der Waals surface area contributed by atoms with Gasteiger partial charge in [0.2, 0.25) is 5.91 Å². The smallest absolute Gasteiger partial charge is 0.217 e. The number of ether oxygens (including phenoxy) is 2. The fraction of sp³-hybridized carbons (Fsp3) is 0.455. The molecule has 28 heavy (non-hydrogen) atoms. The summed E-state index contributed by atoms with van der Waals surface area (Å²) in [5, 5.41) is 3.11. The van der Waals surface area contributed by atoms with Gasteiger partial charge in [-0.05, 0) is 50.0 Å². The van der Waals surface area contributed by atoms with Crippen LogP contribution in [0.15, 0.2) is 42.6 Å². The number of hydrogen-bond donors (Lipinski definition) is 1. The molecule has 3 rings (SSSR count). The van der Waals surface area contributed by atoms with Crippen LogP contribution in [0.2, 0.25) is 0 Å². The van der Waals surface area contributed by atoms with Gasteiger partial charge in [0.1, 0.15) is 0 Å². The van der Waals surface area contributed by atoms with Crippen molar-refractivity contribution in [3.8, 4) is 11.5 Å². The van der Waals surface area contributed by atoms with E-state index in [-0.39, 0.29) is 11.9 Å². The van der Waals surface area contributed by atoms with E-state index >= 15 is 0 Å². The van der Waals surface area contributed by atoms with Crippen molar-refractivity contribution in [3.05, 3.63) is 53.9 Å². The first-order valence-corrected chi connectivity index (χ1v) is 9.72. The van der Waals surface area contributed by atoms with Gasteiger partial charge in [0.05, 0.1) is 26.0 Å². The van der Waals surface area contributed by atoms with E-state index in [0.29, 0.717) is 5.92 Å². The molecule has 2 heterocycles. The van der Waals surface area contributed by atoms with Crippen LogP contribution in [0.3, 0.4) is 0 Å². The Balaban J connectivity index is 1.66. The summed E-state index contributed by atoms with van der Waals surface area (Å²) in [5.41, 5.74) is 2.06. The van der Waals surface area contributed by atoms with E-state index in [0.717, 1.165) is 55.2 Å². The number of carbonyl (C=O) groups is 1. The lowest BCUT2D eigenvalue weighted by atomic mass is 9.87. The van der Waals surface area contributed by atoms with Crippen LogP contribution < -0.4 is 14.8 Å². The monoisotopic (exact) mass is 383 g/mol. The van der Waals surface area contributed by atoms with Crippen LogP contribution in [-0.2, 0) is 11.3 Å². The second-order valence-corrected chi connectivity index (χ2v) is 7.20. The number of methoxy groups -OCH3 is 2. The number of nitrogens with one attached hydrogen (secondary N) is 1. The molecule has 6 nitrogen and oxygen atoms in total. The van der Waals surface area contributed by atoms with E-state index < -0.39 is 0 Å². The topological polar surface area (TPSA) is 63.7 Å². The molecular formula is C22H29N3O3. The molecule has 0 spiro atoms. The zero-order chi connectivity index (χ0) is 19.9. The molecule has 1 saturated heterocycles. The highest BCUT2D eigenvalue weighted by Gasteiger charge is 2.29. The second kappa shape index (κ2) is 9.55. The summed E-state index contributed by atoms with van der Waals surface area (Å²) in [6.45, 7) is 4.32. The van der Waals surface area contributed by atoms with Crippen LogP contribution in [0, 0.1) is 5.92 Å². The summed E-state index contributed by atoms with van der Waals surface area (Å²) in [7, 11) is 3.34. The van der Waals surface area contributed by atoms with Gasteiger partial charge >= 0.3 is 0 Å². The Morgan fingerprint density at radius 2 is 1.96 bits per heavy atom. The Morgan fingerprint density at radius 3 is 2.57 bits per heavy atom. The van der Waals surface area contributed by atoms with Crippen molar-refractivity contribution in [2.75, 3.05) is 27.3 Å². The Morgan fingerprint density at radius 1 is 1.18 bits per heavy atom. The standard InChI is InChI=1S/C22H29N3O3/c1-16(26)24-21(19-8-4-5-12-23-19)17-10-13-25(14-11-17)15-18-7-6-9-20(27-2)22(18)28-3/h4-9,12,17,21H,10-11,13-15H2,1-3H3,(H,24,26). The zero-order valence-electron chi connectivity index (χ0n) is 16.9. The number of rotatable bonds is 7. The maximum absolute atomic E-state index is 11.7. The number of carbonyl (C=O) groups excluding carboxylic acids is 1. The Bertz CT molecular complexity index is 774. The number of likely N-dealkylation sites (tertiary alicyclic amines) is 1. The number of pyridine rings is 1. The van der Waals surface area contributed by atoms with Crippen molar-refractivity contribution in [1.29, 1.82) is 0 Å². The van der Waals surface area contributed by atoms with Gasteiger partial charge in [-0.25, -0.2) is 0 Å². The van der Waals surface area contributed by atoms with Gasteiger partial charge in [-0.3, -0.25) is 14.7 Å². The molecular weight excluding hydrogens is 354 g/mol. The van der Waals surface area contributed by atoms with Gasteiger partial charge in [-0.1, -0.05) is 18.2 Å². The largest absolute Gasteiger partial charge is 0.493 e. The number of amides is 1. The molecule has 150 valence electrons. The van der Waals surface area contributed by atoms with Crippen LogP contribution in [0.25, 0.3) is 0 Å². The maximum atomic E-state index is 11.7. The van der Waals surface area contributed by atoms with E-state index in [1.54, 1.807) is 27.3 Å². The molecule has 1 aliphatic heterocycles. The minimum Gasteiger partial charge on any atom is -0.493 e. The third-order valence-corrected chi connectivity index (χ3v) is 5.35. The number of benzene rings is 1. The lowest BCUT2D eigenvalue weighted by molar-refractivity contribution is -0.120. The normalized spacial score (nSPS) is 16.4. The Kier molecular flexibility index (Phi) is 6.87. The van der Waals surface area contributed by atoms with Gasteiger partial charge in [0.25, 0.3) is 0 Å². The second-order valence-electron chi connectivity index (χ2n) is 7.20. The molecule has 6 heteroatoms. The third-order valence-electron chi connectivity index (χ3n) is 5.35. The summed E-state index contributed by atoms with van der Waals surface area (Å²) in [4.78, 5) is 18.6. The lowest BCUT2D eigenvalue weighted by Gasteiger charge is -2.36. The highest BCUT2D eigenvalue weighted by atomic mass is 16.5. The van der Waals surface area contributed by atoms with Gasteiger partial charge < -0.3 is 14.8 Å². The van der Waals surface area contributed by atoms with Crippen LogP contribution in [0.4, 0.5) is 0 Å². The molecule has 0 saturated carbocycles. The van der Waals surface area contributed by atoms with Crippen molar-refractivity contribution >= 4 is 5.91 Å². The number of hydrogen-bond acceptors (Lipinski definition) is 5.